The lowest BCUT2D eigenvalue weighted by Crippen LogP contribution is -2.60. The quantitative estimate of drug-likeness (QED) is 0.318. The fourth-order valence-corrected chi connectivity index (χ4v) is 10.3. The molecule has 3 heterocycles. The maximum Gasteiger partial charge on any atom is 0.408 e. The number of likely N-dealkylation sites (tertiary alicyclic amines) is 1. The molecule has 6 rings (SSSR count). The molecule has 17 heteroatoms. The maximum absolute atomic E-state index is 14.7. The number of carbonyl (C=O) groups excluding carboxylic acids is 5. The molecule has 326 valence electrons. The van der Waals surface area contributed by atoms with Gasteiger partial charge in [0.25, 0.3) is 17.8 Å². The third-order valence-corrected chi connectivity index (χ3v) is 14.3. The van der Waals surface area contributed by atoms with Crippen LogP contribution >= 0.6 is 0 Å². The van der Waals surface area contributed by atoms with Gasteiger partial charge in [0.15, 0.2) is 0 Å². The Kier molecular flexibility index (Phi) is 12.1. The number of allylic oxidation sites excluding steroid dienone is 2. The van der Waals surface area contributed by atoms with Crippen LogP contribution in [0.4, 0.5) is 4.79 Å². The van der Waals surface area contributed by atoms with Crippen molar-refractivity contribution >= 4 is 45.3 Å². The summed E-state index contributed by atoms with van der Waals surface area (Å²) in [5.74, 6) is -2.58. The van der Waals surface area contributed by atoms with Crippen LogP contribution in [-0.2, 0) is 40.4 Å². The number of hydrogen-bond donors (Lipinski definition) is 4. The number of fused-ring (bicyclic) bond motifs is 3. The smallest absolute Gasteiger partial charge is 0.408 e. The summed E-state index contributed by atoms with van der Waals surface area (Å²) in [4.78, 5) is 76.3. The Bertz CT molecular complexity index is 2020. The van der Waals surface area contributed by atoms with E-state index in [-0.39, 0.29) is 43.3 Å². The second-order valence-electron chi connectivity index (χ2n) is 19.2. The summed E-state index contributed by atoms with van der Waals surface area (Å²) in [6.45, 7) is 16.7. The van der Waals surface area contributed by atoms with Gasteiger partial charge in [0, 0.05) is 24.7 Å². The molecule has 1 aromatic rings. The van der Waals surface area contributed by atoms with Crippen LogP contribution in [0.2, 0.25) is 0 Å². The number of imidazole rings is 1. The van der Waals surface area contributed by atoms with E-state index in [1.165, 1.54) is 4.90 Å². The minimum absolute atomic E-state index is 0.00256. The van der Waals surface area contributed by atoms with Crippen molar-refractivity contribution in [2.45, 2.75) is 167 Å². The van der Waals surface area contributed by atoms with Gasteiger partial charge in [-0.05, 0) is 97.3 Å². The van der Waals surface area contributed by atoms with Crippen LogP contribution in [0.5, 0.6) is 6.01 Å². The molecule has 1 saturated heterocycles. The lowest BCUT2D eigenvalue weighted by atomic mass is 9.85. The highest BCUT2D eigenvalue weighted by molar-refractivity contribution is 7.91. The number of ether oxygens (including phenoxy) is 2. The Labute approximate surface area is 348 Å². The molecule has 1 aromatic heterocycles. The van der Waals surface area contributed by atoms with Crippen molar-refractivity contribution in [3.8, 4) is 6.01 Å². The third-order valence-electron chi connectivity index (χ3n) is 12.1. The van der Waals surface area contributed by atoms with Crippen molar-refractivity contribution in [1.82, 2.24) is 35.1 Å². The Hall–Kier alpha value is -4.41. The van der Waals surface area contributed by atoms with Crippen LogP contribution < -0.4 is 25.4 Å². The number of nitrogens with one attached hydrogen (secondary N) is 4. The molecule has 3 fully saturated rings. The first-order chi connectivity index (χ1) is 27.5. The van der Waals surface area contributed by atoms with Crippen LogP contribution in [0.25, 0.3) is 5.57 Å². The van der Waals surface area contributed by atoms with E-state index < -0.39 is 73.3 Å². The largest absolute Gasteiger partial charge is 0.459 e. The molecule has 2 saturated carbocycles. The first-order valence-electron chi connectivity index (χ1n) is 21.1. The third kappa shape index (κ3) is 9.19. The van der Waals surface area contributed by atoms with Gasteiger partial charge in [-0.15, -0.1) is 0 Å². The second kappa shape index (κ2) is 16.2. The molecule has 2 aliphatic heterocycles. The zero-order chi connectivity index (χ0) is 43.3. The van der Waals surface area contributed by atoms with Crippen molar-refractivity contribution in [2.24, 2.45) is 11.3 Å². The number of rotatable bonds is 4. The SMILES string of the molecule is CC[C@@H]1C[C@@]12NC(=O)[C@@H]1C[C@H](CN1C(=O)[C@@H](NC(=O)OC(C)(C)C)C(C)(C)C)Oc1nc3c(n1C(C)C)CCC=C3C(=O)NCCC=CCCC1(CC1)S(=O)(=O)NC2=O. The van der Waals surface area contributed by atoms with Crippen LogP contribution in [-0.4, -0.2) is 99.8 Å². The van der Waals surface area contributed by atoms with Crippen molar-refractivity contribution in [1.29, 1.82) is 0 Å². The predicted octanol–water partition coefficient (Wildman–Crippen LogP) is 4.20. The van der Waals surface area contributed by atoms with Crippen molar-refractivity contribution in [2.75, 3.05) is 13.1 Å². The molecule has 3 aliphatic carbocycles. The van der Waals surface area contributed by atoms with E-state index in [9.17, 15) is 32.4 Å². The van der Waals surface area contributed by atoms with Gasteiger partial charge in [0.2, 0.25) is 21.8 Å². The van der Waals surface area contributed by atoms with Gasteiger partial charge in [0.1, 0.15) is 35.0 Å². The number of sulfonamides is 1. The minimum atomic E-state index is -4.11. The van der Waals surface area contributed by atoms with Crippen molar-refractivity contribution in [3.05, 3.63) is 29.6 Å². The van der Waals surface area contributed by atoms with Crippen molar-refractivity contribution < 1.29 is 41.9 Å². The van der Waals surface area contributed by atoms with Gasteiger partial charge in [-0.3, -0.25) is 28.5 Å². The monoisotopic (exact) mass is 841 g/mol. The van der Waals surface area contributed by atoms with E-state index in [1.54, 1.807) is 41.5 Å². The topological polar surface area (TPSA) is 207 Å². The van der Waals surface area contributed by atoms with Crippen LogP contribution in [0.3, 0.4) is 0 Å². The molecule has 4 N–H and O–H groups in total. The van der Waals surface area contributed by atoms with E-state index in [2.05, 4.69) is 20.7 Å². The van der Waals surface area contributed by atoms with Crippen LogP contribution in [0.15, 0.2) is 18.2 Å². The molecule has 0 radical (unpaired) electrons. The fraction of sp³-hybridized carbons (Fsp3) is 0.714. The molecule has 2 spiro atoms. The van der Waals surface area contributed by atoms with E-state index in [0.29, 0.717) is 69.2 Å². The molecular formula is C42H63N7O9S. The number of nitrogens with zero attached hydrogens (tertiary/aromatic N) is 3. The van der Waals surface area contributed by atoms with Gasteiger partial charge in [-0.2, -0.15) is 4.98 Å². The van der Waals surface area contributed by atoms with E-state index in [1.807, 2.05) is 43.6 Å². The number of aromatic nitrogens is 2. The summed E-state index contributed by atoms with van der Waals surface area (Å²) in [7, 11) is -4.11. The highest BCUT2D eigenvalue weighted by Crippen LogP contribution is 2.50. The average Bonchev–Trinajstić information content (AvgIpc) is 3.99. The Morgan fingerprint density at radius 3 is 2.36 bits per heavy atom. The van der Waals surface area contributed by atoms with Crippen LogP contribution in [0.1, 0.15) is 138 Å². The Morgan fingerprint density at radius 1 is 1.05 bits per heavy atom. The summed E-state index contributed by atoms with van der Waals surface area (Å²) in [5.41, 5.74) is -1.36. The second-order valence-corrected chi connectivity index (χ2v) is 21.3. The van der Waals surface area contributed by atoms with Gasteiger partial charge >= 0.3 is 6.09 Å². The summed E-state index contributed by atoms with van der Waals surface area (Å²) >= 11 is 0. The Balaban J connectivity index is 1.38. The number of amides is 5. The molecule has 5 aliphatic rings. The first-order valence-corrected chi connectivity index (χ1v) is 22.6. The highest BCUT2D eigenvalue weighted by Gasteiger charge is 2.64. The number of alkyl carbamates (subject to hydrolysis) is 1. The van der Waals surface area contributed by atoms with Crippen molar-refractivity contribution in [3.63, 3.8) is 0 Å². The molecule has 4 bridgehead atoms. The Morgan fingerprint density at radius 2 is 1.75 bits per heavy atom. The fourth-order valence-electron chi connectivity index (χ4n) is 8.60. The van der Waals surface area contributed by atoms with E-state index >= 15 is 0 Å². The number of carbonyl (C=O) groups is 5. The molecule has 59 heavy (non-hydrogen) atoms. The first kappa shape index (κ1) is 44.2. The number of hydrogen-bond acceptors (Lipinski definition) is 10. The van der Waals surface area contributed by atoms with Gasteiger partial charge in [-0.25, -0.2) is 13.2 Å². The van der Waals surface area contributed by atoms with Gasteiger partial charge < -0.3 is 30.3 Å². The lowest BCUT2D eigenvalue weighted by molar-refractivity contribution is -0.143. The van der Waals surface area contributed by atoms with E-state index in [0.717, 1.165) is 5.69 Å². The maximum atomic E-state index is 14.7. The predicted molar refractivity (Wildman–Crippen MR) is 220 cm³/mol. The average molecular weight is 842 g/mol. The summed E-state index contributed by atoms with van der Waals surface area (Å²) in [5, 5.41) is 8.64. The van der Waals surface area contributed by atoms with Crippen LogP contribution in [0, 0.1) is 11.3 Å². The standard InChI is InChI=1S/C42H63N7O9S/c1-10-26-23-42(26)36(53)47-59(55,56)41(19-20-41)18-13-11-12-14-21-43-33(50)28-16-15-17-29-31(28)44-37(49(29)25(2)3)57-27-22-30(34(51)46-42)48(24-27)35(52)32(39(4,5)6)45-38(54)58-40(7,8)9/h11-12,16,25-27,30,32H,10,13-15,17-24H2,1-9H3,(H,43,50)(H,45,54)(H,46,51)(H,47,53)/t26-,27-,30+,32-,42-/m1/s1. The zero-order valence-electron chi connectivity index (χ0n) is 36.0. The summed E-state index contributed by atoms with van der Waals surface area (Å²) in [6, 6.07) is -2.17. The summed E-state index contributed by atoms with van der Waals surface area (Å²) in [6.07, 6.45) is 8.27. The molecule has 5 amide bonds. The normalized spacial score (nSPS) is 27.6. The molecular weight excluding hydrogens is 779 g/mol. The lowest BCUT2D eigenvalue weighted by Gasteiger charge is -2.36. The van der Waals surface area contributed by atoms with E-state index in [4.69, 9.17) is 14.5 Å². The minimum Gasteiger partial charge on any atom is -0.459 e. The van der Waals surface area contributed by atoms with Gasteiger partial charge in [-0.1, -0.05) is 52.3 Å². The molecule has 0 unspecified atom stereocenters. The summed E-state index contributed by atoms with van der Waals surface area (Å²) < 4.78 is 42.9. The zero-order valence-corrected chi connectivity index (χ0v) is 36.8. The van der Waals surface area contributed by atoms with Gasteiger partial charge in [0.05, 0.1) is 16.9 Å². The molecule has 5 atom stereocenters. The molecule has 16 nitrogen and oxygen atoms in total. The highest BCUT2D eigenvalue weighted by atomic mass is 32.2. The molecule has 0 aromatic carbocycles.